The van der Waals surface area contributed by atoms with Crippen LogP contribution >= 0.6 is 11.8 Å². The molecule has 1 saturated carbocycles. The minimum Gasteiger partial charge on any atom is -0.376 e. The van der Waals surface area contributed by atoms with Gasteiger partial charge in [-0.25, -0.2) is 9.89 Å². The molecule has 2 aliphatic rings. The van der Waals surface area contributed by atoms with E-state index in [9.17, 15) is 14.9 Å². The van der Waals surface area contributed by atoms with E-state index < -0.39 is 5.54 Å². The molecule has 1 amide bonds. The number of amides is 1. The molecule has 1 aromatic heterocycles. The van der Waals surface area contributed by atoms with Gasteiger partial charge in [0.25, 0.3) is 0 Å². The molecule has 1 atom stereocenters. The Labute approximate surface area is 156 Å². The first-order valence-electron chi connectivity index (χ1n) is 9.13. The Hall–Kier alpha value is -1.79. The highest BCUT2D eigenvalue weighted by molar-refractivity contribution is 7.99. The van der Waals surface area contributed by atoms with E-state index >= 15 is 0 Å². The monoisotopic (exact) mass is 379 g/mol. The number of carbonyl (C=O) groups excluding carboxylic acids is 1. The summed E-state index contributed by atoms with van der Waals surface area (Å²) in [5, 5.41) is 16.6. The number of aromatic amines is 1. The number of thioether (sulfide) groups is 1. The quantitative estimate of drug-likeness (QED) is 0.752. The highest BCUT2D eigenvalue weighted by atomic mass is 32.2. The summed E-state index contributed by atoms with van der Waals surface area (Å²) in [7, 11) is 1.71. The molecule has 1 aromatic rings. The highest BCUT2D eigenvalue weighted by Crippen LogP contribution is 2.33. The third-order valence-corrected chi connectivity index (χ3v) is 6.32. The molecule has 1 N–H and O–H groups in total. The number of aromatic nitrogens is 3. The van der Waals surface area contributed by atoms with Crippen molar-refractivity contribution < 1.29 is 9.53 Å². The second kappa shape index (κ2) is 8.27. The van der Waals surface area contributed by atoms with Crippen molar-refractivity contribution >= 4 is 17.7 Å². The normalized spacial score (nSPS) is 22.1. The van der Waals surface area contributed by atoms with Crippen LogP contribution in [0.25, 0.3) is 0 Å². The van der Waals surface area contributed by atoms with Crippen LogP contribution in [-0.4, -0.2) is 56.6 Å². The fourth-order valence-corrected chi connectivity index (χ4v) is 4.56. The van der Waals surface area contributed by atoms with Crippen LogP contribution in [0.1, 0.15) is 44.9 Å². The second-order valence-corrected chi connectivity index (χ2v) is 7.94. The average molecular weight is 379 g/mol. The van der Waals surface area contributed by atoms with E-state index in [-0.39, 0.29) is 23.5 Å². The summed E-state index contributed by atoms with van der Waals surface area (Å²) in [4.78, 5) is 26.2. The Balaban J connectivity index is 1.62. The van der Waals surface area contributed by atoms with Gasteiger partial charge in [0, 0.05) is 13.7 Å². The number of carbonyl (C=O) groups is 1. The van der Waals surface area contributed by atoms with Crippen LogP contribution in [0.3, 0.4) is 0 Å². The molecule has 9 heteroatoms. The largest absolute Gasteiger partial charge is 0.376 e. The molecule has 2 fully saturated rings. The molecule has 142 valence electrons. The maximum atomic E-state index is 12.6. The molecule has 1 aliphatic heterocycles. The van der Waals surface area contributed by atoms with Gasteiger partial charge < -0.3 is 9.64 Å². The molecule has 1 saturated heterocycles. The van der Waals surface area contributed by atoms with Crippen LogP contribution in [0.5, 0.6) is 0 Å². The zero-order valence-electron chi connectivity index (χ0n) is 15.1. The fourth-order valence-electron chi connectivity index (χ4n) is 3.69. The summed E-state index contributed by atoms with van der Waals surface area (Å²) in [6.45, 7) is 1.17. The van der Waals surface area contributed by atoms with E-state index in [1.807, 2.05) is 0 Å². The lowest BCUT2D eigenvalue weighted by molar-refractivity contribution is -0.131. The summed E-state index contributed by atoms with van der Waals surface area (Å²) < 4.78 is 7.12. The SMILES string of the molecule is CN(C(=O)CSc1n[nH]c(=O)n1C[C@@H]1CCCO1)C1(C#N)CCCCC1. The Bertz CT molecular complexity index is 725. The number of rotatable bonds is 6. The van der Waals surface area contributed by atoms with Crippen molar-refractivity contribution in [3.63, 3.8) is 0 Å². The molecule has 0 aromatic carbocycles. The zero-order valence-corrected chi connectivity index (χ0v) is 15.9. The Kier molecular flexibility index (Phi) is 6.04. The van der Waals surface area contributed by atoms with Crippen LogP contribution in [0.15, 0.2) is 9.95 Å². The standard InChI is InChI=1S/C17H25N5O3S/c1-21(17(12-18)7-3-2-4-8-17)14(23)11-26-16-20-19-15(24)22(16)10-13-6-5-9-25-13/h13H,2-11H2,1H3,(H,19,24)/t13-/m0/s1. The highest BCUT2D eigenvalue weighted by Gasteiger charge is 2.38. The van der Waals surface area contributed by atoms with E-state index in [4.69, 9.17) is 4.74 Å². The second-order valence-electron chi connectivity index (χ2n) is 7.00. The van der Waals surface area contributed by atoms with Gasteiger partial charge >= 0.3 is 5.69 Å². The Morgan fingerprint density at radius 2 is 2.23 bits per heavy atom. The number of nitrogens with one attached hydrogen (secondary N) is 1. The average Bonchev–Trinajstić information content (AvgIpc) is 3.31. The third-order valence-electron chi connectivity index (χ3n) is 5.36. The van der Waals surface area contributed by atoms with Gasteiger partial charge in [0.1, 0.15) is 5.54 Å². The fraction of sp³-hybridized carbons (Fsp3) is 0.765. The number of hydrogen-bond donors (Lipinski definition) is 1. The minimum absolute atomic E-state index is 0.0205. The van der Waals surface area contributed by atoms with Gasteiger partial charge in [0.2, 0.25) is 5.91 Å². The molecule has 0 spiro atoms. The van der Waals surface area contributed by atoms with Crippen molar-refractivity contribution in [2.24, 2.45) is 0 Å². The van der Waals surface area contributed by atoms with Gasteiger partial charge in [-0.1, -0.05) is 31.0 Å². The minimum atomic E-state index is -0.696. The molecular weight excluding hydrogens is 354 g/mol. The molecular formula is C17H25N5O3S. The molecule has 2 heterocycles. The van der Waals surface area contributed by atoms with Crippen LogP contribution in [0.4, 0.5) is 0 Å². The first-order valence-corrected chi connectivity index (χ1v) is 10.1. The van der Waals surface area contributed by atoms with Gasteiger partial charge in [-0.3, -0.25) is 9.36 Å². The van der Waals surface area contributed by atoms with E-state index in [1.54, 1.807) is 11.9 Å². The lowest BCUT2D eigenvalue weighted by Gasteiger charge is -2.39. The summed E-state index contributed by atoms with van der Waals surface area (Å²) in [6.07, 6.45) is 6.45. The third kappa shape index (κ3) is 3.96. The Morgan fingerprint density at radius 3 is 2.88 bits per heavy atom. The number of ether oxygens (including phenoxy) is 1. The van der Waals surface area contributed by atoms with Crippen LogP contribution in [-0.2, 0) is 16.1 Å². The molecule has 3 rings (SSSR count). The molecule has 26 heavy (non-hydrogen) atoms. The van der Waals surface area contributed by atoms with Gasteiger partial charge in [0.15, 0.2) is 5.16 Å². The molecule has 0 bridgehead atoms. The topological polar surface area (TPSA) is 104 Å². The van der Waals surface area contributed by atoms with E-state index in [0.29, 0.717) is 11.7 Å². The number of nitrogens with zero attached hydrogens (tertiary/aromatic N) is 4. The lowest BCUT2D eigenvalue weighted by atomic mass is 9.81. The smallest absolute Gasteiger partial charge is 0.344 e. The van der Waals surface area contributed by atoms with Crippen LogP contribution in [0, 0.1) is 11.3 Å². The summed E-state index contributed by atoms with van der Waals surface area (Å²) >= 11 is 1.23. The molecule has 1 aliphatic carbocycles. The predicted octanol–water partition coefficient (Wildman–Crippen LogP) is 1.53. The van der Waals surface area contributed by atoms with Gasteiger partial charge in [-0.2, -0.15) is 5.26 Å². The number of H-pyrrole nitrogens is 1. The Morgan fingerprint density at radius 1 is 1.46 bits per heavy atom. The van der Waals surface area contributed by atoms with Gasteiger partial charge in [0.05, 0.1) is 24.5 Å². The summed E-state index contributed by atoms with van der Waals surface area (Å²) in [6, 6.07) is 2.36. The van der Waals surface area contributed by atoms with Gasteiger partial charge in [-0.05, 0) is 25.7 Å². The maximum Gasteiger partial charge on any atom is 0.344 e. The first kappa shape index (κ1) is 19.0. The zero-order chi connectivity index (χ0) is 18.6. The molecule has 0 unspecified atom stereocenters. The first-order chi connectivity index (χ1) is 12.6. The van der Waals surface area contributed by atoms with Gasteiger partial charge in [-0.15, -0.1) is 5.10 Å². The van der Waals surface area contributed by atoms with E-state index in [2.05, 4.69) is 16.3 Å². The lowest BCUT2D eigenvalue weighted by Crippen LogP contribution is -2.50. The van der Waals surface area contributed by atoms with Crippen molar-refractivity contribution in [3.05, 3.63) is 10.5 Å². The van der Waals surface area contributed by atoms with Crippen molar-refractivity contribution in [3.8, 4) is 6.07 Å². The van der Waals surface area contributed by atoms with Crippen LogP contribution < -0.4 is 5.69 Å². The number of nitriles is 1. The molecule has 0 radical (unpaired) electrons. The van der Waals surface area contributed by atoms with E-state index in [0.717, 1.165) is 51.6 Å². The van der Waals surface area contributed by atoms with Crippen molar-refractivity contribution in [1.82, 2.24) is 19.7 Å². The van der Waals surface area contributed by atoms with Crippen LogP contribution in [0.2, 0.25) is 0 Å². The molecule has 8 nitrogen and oxygen atoms in total. The van der Waals surface area contributed by atoms with E-state index in [1.165, 1.54) is 16.3 Å². The van der Waals surface area contributed by atoms with Crippen molar-refractivity contribution in [2.45, 2.75) is 68.3 Å². The maximum absolute atomic E-state index is 12.6. The number of hydrogen-bond acceptors (Lipinski definition) is 6. The summed E-state index contributed by atoms with van der Waals surface area (Å²) in [5.74, 6) is 0.0352. The predicted molar refractivity (Wildman–Crippen MR) is 96.7 cm³/mol. The van der Waals surface area contributed by atoms with Crippen molar-refractivity contribution in [1.29, 1.82) is 5.26 Å². The van der Waals surface area contributed by atoms with Crippen molar-refractivity contribution in [2.75, 3.05) is 19.4 Å². The summed E-state index contributed by atoms with van der Waals surface area (Å²) in [5.41, 5.74) is -0.983.